The van der Waals surface area contributed by atoms with Crippen LogP contribution in [0, 0.1) is 0 Å². The molecule has 0 saturated heterocycles. The number of carboxylic acid groups (broad SMARTS) is 1. The molecule has 96 valence electrons. The van der Waals surface area contributed by atoms with Gasteiger partial charge < -0.3 is 9.84 Å². The Labute approximate surface area is 115 Å². The highest BCUT2D eigenvalue weighted by atomic mass is 35.5. The molecule has 1 aliphatic rings. The normalized spacial score (nSPS) is 16.8. The Morgan fingerprint density at radius 2 is 2.00 bits per heavy atom. The monoisotopic (exact) mass is 274 g/mol. The van der Waals surface area contributed by atoms with E-state index in [4.69, 9.17) is 16.3 Å². The Balaban J connectivity index is 2.25. The van der Waals surface area contributed by atoms with Gasteiger partial charge in [-0.1, -0.05) is 35.9 Å². The first-order valence-electron chi connectivity index (χ1n) is 5.89. The van der Waals surface area contributed by atoms with Gasteiger partial charge >= 0.3 is 5.97 Å². The Bertz CT molecular complexity index is 652. The molecule has 0 bridgehead atoms. The van der Waals surface area contributed by atoms with E-state index in [0.717, 1.165) is 11.1 Å². The first kappa shape index (κ1) is 12.1. The molecule has 1 unspecified atom stereocenters. The maximum Gasteiger partial charge on any atom is 0.315 e. The summed E-state index contributed by atoms with van der Waals surface area (Å²) in [5.41, 5.74) is 2.25. The van der Waals surface area contributed by atoms with Gasteiger partial charge in [0.15, 0.2) is 0 Å². The lowest BCUT2D eigenvalue weighted by molar-refractivity contribution is -0.137. The van der Waals surface area contributed by atoms with E-state index in [1.807, 2.05) is 24.3 Å². The maximum absolute atomic E-state index is 11.6. The molecule has 0 spiro atoms. The van der Waals surface area contributed by atoms with Gasteiger partial charge in [-0.05, 0) is 29.3 Å². The molecule has 4 heteroatoms. The fourth-order valence-electron chi connectivity index (χ4n) is 2.41. The van der Waals surface area contributed by atoms with Gasteiger partial charge in [-0.2, -0.15) is 0 Å². The second-order valence-corrected chi connectivity index (χ2v) is 4.88. The quantitative estimate of drug-likeness (QED) is 0.866. The van der Waals surface area contributed by atoms with Crippen molar-refractivity contribution in [1.82, 2.24) is 0 Å². The summed E-state index contributed by atoms with van der Waals surface area (Å²) in [6.07, 6.45) is 0. The number of fused-ring (bicyclic) bond motifs is 2. The second kappa shape index (κ2) is 4.59. The smallest absolute Gasteiger partial charge is 0.315 e. The van der Waals surface area contributed by atoms with Crippen LogP contribution in [0.2, 0.25) is 5.02 Å². The van der Waals surface area contributed by atoms with Crippen molar-refractivity contribution in [2.75, 3.05) is 0 Å². The van der Waals surface area contributed by atoms with Crippen molar-refractivity contribution < 1.29 is 14.6 Å². The molecule has 0 saturated carbocycles. The highest BCUT2D eigenvalue weighted by Gasteiger charge is 2.30. The Morgan fingerprint density at radius 1 is 1.21 bits per heavy atom. The van der Waals surface area contributed by atoms with Crippen molar-refractivity contribution in [2.45, 2.75) is 12.5 Å². The van der Waals surface area contributed by atoms with Gasteiger partial charge in [0.25, 0.3) is 0 Å². The summed E-state index contributed by atoms with van der Waals surface area (Å²) in [6.45, 7) is 0.370. The fourth-order valence-corrected chi connectivity index (χ4v) is 2.59. The van der Waals surface area contributed by atoms with Gasteiger partial charge in [0.1, 0.15) is 18.3 Å². The van der Waals surface area contributed by atoms with E-state index >= 15 is 0 Å². The average molecular weight is 275 g/mol. The van der Waals surface area contributed by atoms with Crippen molar-refractivity contribution in [3.05, 3.63) is 64.2 Å². The summed E-state index contributed by atoms with van der Waals surface area (Å²) in [7, 11) is 0. The molecule has 1 aliphatic heterocycles. The summed E-state index contributed by atoms with van der Waals surface area (Å²) < 4.78 is 5.69. The minimum atomic E-state index is -0.901. The molecule has 2 aromatic carbocycles. The number of hydrogen-bond acceptors (Lipinski definition) is 2. The van der Waals surface area contributed by atoms with E-state index in [0.29, 0.717) is 22.9 Å². The largest absolute Gasteiger partial charge is 0.489 e. The zero-order valence-electron chi connectivity index (χ0n) is 9.97. The first-order chi connectivity index (χ1) is 9.16. The Kier molecular flexibility index (Phi) is 2.91. The summed E-state index contributed by atoms with van der Waals surface area (Å²) in [4.78, 5) is 11.6. The molecule has 0 fully saturated rings. The number of benzene rings is 2. The van der Waals surface area contributed by atoms with E-state index in [9.17, 15) is 9.90 Å². The zero-order chi connectivity index (χ0) is 13.4. The van der Waals surface area contributed by atoms with E-state index in [1.54, 1.807) is 18.2 Å². The fraction of sp³-hybridized carbons (Fsp3) is 0.133. The number of ether oxygens (including phenoxy) is 1. The van der Waals surface area contributed by atoms with Crippen LogP contribution >= 0.6 is 11.6 Å². The number of halogens is 1. The van der Waals surface area contributed by atoms with E-state index < -0.39 is 11.9 Å². The van der Waals surface area contributed by atoms with Crippen molar-refractivity contribution in [1.29, 1.82) is 0 Å². The minimum Gasteiger partial charge on any atom is -0.489 e. The highest BCUT2D eigenvalue weighted by molar-refractivity contribution is 6.30. The first-order valence-corrected chi connectivity index (χ1v) is 6.27. The van der Waals surface area contributed by atoms with Crippen LogP contribution in [0.5, 0.6) is 5.75 Å². The zero-order valence-corrected chi connectivity index (χ0v) is 10.7. The third kappa shape index (κ3) is 2.06. The maximum atomic E-state index is 11.6. The molecular formula is C15H11ClO3. The van der Waals surface area contributed by atoms with Gasteiger partial charge in [0.2, 0.25) is 0 Å². The van der Waals surface area contributed by atoms with Crippen molar-refractivity contribution in [3.8, 4) is 5.75 Å². The molecular weight excluding hydrogens is 264 g/mol. The summed E-state index contributed by atoms with van der Waals surface area (Å²) in [5.74, 6) is -1.07. The molecule has 0 radical (unpaired) electrons. The molecule has 2 aromatic rings. The van der Waals surface area contributed by atoms with Gasteiger partial charge in [0.05, 0.1) is 0 Å². The highest BCUT2D eigenvalue weighted by Crippen LogP contribution is 2.38. The predicted octanol–water partition coefficient (Wildman–Crippen LogP) is 3.45. The predicted molar refractivity (Wildman–Crippen MR) is 71.7 cm³/mol. The molecule has 1 atom stereocenters. The van der Waals surface area contributed by atoms with Crippen molar-refractivity contribution in [3.63, 3.8) is 0 Å². The van der Waals surface area contributed by atoms with Crippen LogP contribution in [0.3, 0.4) is 0 Å². The third-order valence-corrected chi connectivity index (χ3v) is 3.51. The molecule has 3 nitrogen and oxygen atoms in total. The van der Waals surface area contributed by atoms with Gasteiger partial charge in [-0.25, -0.2) is 0 Å². The molecule has 1 N–H and O–H groups in total. The molecule has 0 aliphatic carbocycles. The SMILES string of the molecule is O=C(O)C1c2ccccc2COc2ccc(Cl)cc21. The van der Waals surface area contributed by atoms with Crippen molar-refractivity contribution >= 4 is 17.6 Å². The number of carboxylic acids is 1. The van der Waals surface area contributed by atoms with Crippen LogP contribution in [-0.4, -0.2) is 11.1 Å². The average Bonchev–Trinajstić information content (AvgIpc) is 2.54. The molecule has 19 heavy (non-hydrogen) atoms. The lowest BCUT2D eigenvalue weighted by Crippen LogP contribution is -2.13. The number of rotatable bonds is 1. The molecule has 0 amide bonds. The lowest BCUT2D eigenvalue weighted by Gasteiger charge is -2.14. The lowest BCUT2D eigenvalue weighted by atomic mass is 9.88. The second-order valence-electron chi connectivity index (χ2n) is 4.44. The minimum absolute atomic E-state index is 0.370. The third-order valence-electron chi connectivity index (χ3n) is 3.28. The van der Waals surface area contributed by atoms with E-state index in [2.05, 4.69) is 0 Å². The molecule has 1 heterocycles. The van der Waals surface area contributed by atoms with Crippen LogP contribution in [0.1, 0.15) is 22.6 Å². The van der Waals surface area contributed by atoms with Gasteiger partial charge in [0, 0.05) is 10.6 Å². The Hall–Kier alpha value is -2.00. The van der Waals surface area contributed by atoms with Gasteiger partial charge in [-0.3, -0.25) is 4.79 Å². The number of aliphatic carboxylic acids is 1. The van der Waals surface area contributed by atoms with E-state index in [-0.39, 0.29) is 0 Å². The number of hydrogen-bond donors (Lipinski definition) is 1. The van der Waals surface area contributed by atoms with Crippen LogP contribution in [-0.2, 0) is 11.4 Å². The summed E-state index contributed by atoms with van der Waals surface area (Å²) in [6, 6.07) is 12.5. The van der Waals surface area contributed by atoms with Crippen LogP contribution in [0.4, 0.5) is 0 Å². The summed E-state index contributed by atoms with van der Waals surface area (Å²) >= 11 is 5.98. The van der Waals surface area contributed by atoms with E-state index in [1.165, 1.54) is 0 Å². The topological polar surface area (TPSA) is 46.5 Å². The summed E-state index contributed by atoms with van der Waals surface area (Å²) in [5, 5.41) is 10.1. The van der Waals surface area contributed by atoms with Crippen LogP contribution < -0.4 is 4.74 Å². The Morgan fingerprint density at radius 3 is 2.79 bits per heavy atom. The van der Waals surface area contributed by atoms with Crippen LogP contribution in [0.15, 0.2) is 42.5 Å². The van der Waals surface area contributed by atoms with Crippen LogP contribution in [0.25, 0.3) is 0 Å². The van der Waals surface area contributed by atoms with Crippen molar-refractivity contribution in [2.24, 2.45) is 0 Å². The standard InChI is InChI=1S/C15H11ClO3/c16-10-5-6-13-12(7-10)14(15(17)18)11-4-2-1-3-9(11)8-19-13/h1-7,14H,8H2,(H,17,18). The molecule has 0 aromatic heterocycles. The van der Waals surface area contributed by atoms with Gasteiger partial charge in [-0.15, -0.1) is 0 Å². The molecule has 3 rings (SSSR count). The number of carbonyl (C=O) groups is 1.